The first-order chi connectivity index (χ1) is 17.4. The van der Waals surface area contributed by atoms with Crippen LogP contribution in [0, 0.1) is 6.92 Å². The molecule has 0 bridgehead atoms. The Morgan fingerprint density at radius 2 is 1.67 bits per heavy atom. The van der Waals surface area contributed by atoms with Crippen molar-refractivity contribution in [2.24, 2.45) is 0 Å². The number of fused-ring (bicyclic) bond motifs is 1. The van der Waals surface area contributed by atoms with E-state index in [9.17, 15) is 14.4 Å². The molecule has 0 saturated heterocycles. The van der Waals surface area contributed by atoms with Gasteiger partial charge in [0.05, 0.1) is 12.2 Å². The van der Waals surface area contributed by atoms with E-state index in [1.807, 2.05) is 31.2 Å². The van der Waals surface area contributed by atoms with Crippen molar-refractivity contribution in [2.75, 3.05) is 17.2 Å². The Balaban J connectivity index is 1.41. The van der Waals surface area contributed by atoms with Gasteiger partial charge in [0, 0.05) is 16.1 Å². The zero-order valence-corrected chi connectivity index (χ0v) is 21.5. The minimum absolute atomic E-state index is 0.270. The average Bonchev–Trinajstić information content (AvgIpc) is 3.23. The van der Waals surface area contributed by atoms with E-state index in [1.54, 1.807) is 38.1 Å². The summed E-state index contributed by atoms with van der Waals surface area (Å²) in [5.41, 5.74) is 3.71. The third kappa shape index (κ3) is 5.94. The second kappa shape index (κ2) is 11.4. The van der Waals surface area contributed by atoms with Crippen LogP contribution in [0.2, 0.25) is 0 Å². The van der Waals surface area contributed by atoms with Crippen LogP contribution in [0.15, 0.2) is 48.5 Å². The molecule has 1 heterocycles. The van der Waals surface area contributed by atoms with E-state index in [1.165, 1.54) is 11.3 Å². The number of thiophene rings is 1. The molecule has 2 amide bonds. The Hall–Kier alpha value is -3.65. The molecular formula is C28H30N2O5S. The van der Waals surface area contributed by atoms with Crippen LogP contribution in [0.1, 0.15) is 63.4 Å². The van der Waals surface area contributed by atoms with Gasteiger partial charge in [-0.15, -0.1) is 11.3 Å². The molecule has 1 aliphatic rings. The predicted octanol–water partition coefficient (Wildman–Crippen LogP) is 5.77. The van der Waals surface area contributed by atoms with Crippen LogP contribution in [0.3, 0.4) is 0 Å². The number of rotatable bonds is 8. The molecule has 0 fully saturated rings. The number of hydrogen-bond acceptors (Lipinski definition) is 6. The van der Waals surface area contributed by atoms with Gasteiger partial charge in [-0.2, -0.15) is 0 Å². The van der Waals surface area contributed by atoms with Crippen LogP contribution in [0.5, 0.6) is 5.75 Å². The molecule has 7 nitrogen and oxygen atoms in total. The van der Waals surface area contributed by atoms with E-state index < -0.39 is 12.1 Å². The first-order valence-electron chi connectivity index (χ1n) is 12.1. The summed E-state index contributed by atoms with van der Waals surface area (Å²) in [5.74, 6) is -0.518. The van der Waals surface area contributed by atoms with Crippen molar-refractivity contribution in [3.8, 4) is 5.75 Å². The summed E-state index contributed by atoms with van der Waals surface area (Å²) >= 11 is 1.45. The van der Waals surface area contributed by atoms with Crippen LogP contribution in [0.4, 0.5) is 10.7 Å². The normalized spacial score (nSPS) is 13.3. The van der Waals surface area contributed by atoms with Gasteiger partial charge in [0.1, 0.15) is 10.8 Å². The Bertz CT molecular complexity index is 1250. The molecule has 0 spiro atoms. The number of esters is 1. The van der Waals surface area contributed by atoms with E-state index >= 15 is 0 Å². The second-order valence-electron chi connectivity index (χ2n) is 8.73. The molecule has 2 aromatic carbocycles. The monoisotopic (exact) mass is 506 g/mol. The Kier molecular flexibility index (Phi) is 8.05. The summed E-state index contributed by atoms with van der Waals surface area (Å²) in [6.07, 6.45) is 3.09. The highest BCUT2D eigenvalue weighted by Crippen LogP contribution is 2.38. The fourth-order valence-electron chi connectivity index (χ4n) is 4.07. The van der Waals surface area contributed by atoms with E-state index in [-0.39, 0.29) is 18.4 Å². The zero-order chi connectivity index (χ0) is 25.7. The third-order valence-electron chi connectivity index (χ3n) is 6.00. The van der Waals surface area contributed by atoms with Crippen LogP contribution in [-0.2, 0) is 22.4 Å². The Labute approximate surface area is 214 Å². The van der Waals surface area contributed by atoms with Crippen molar-refractivity contribution in [2.45, 2.75) is 52.6 Å². The van der Waals surface area contributed by atoms with Crippen molar-refractivity contribution in [1.29, 1.82) is 0 Å². The van der Waals surface area contributed by atoms with E-state index in [0.717, 1.165) is 41.7 Å². The number of carbonyl (C=O) groups excluding carboxylic acids is 3. The number of ether oxygens (including phenoxy) is 2. The fourth-order valence-corrected chi connectivity index (χ4v) is 5.34. The number of aryl methyl sites for hydroxylation is 2. The molecule has 3 aromatic rings. The number of hydrogen-bond donors (Lipinski definition) is 2. The maximum Gasteiger partial charge on any atom is 0.341 e. The lowest BCUT2D eigenvalue weighted by atomic mass is 9.95. The minimum atomic E-state index is -0.726. The molecule has 8 heteroatoms. The number of anilines is 2. The standard InChI is InChI=1S/C28H30N2O5S/c1-4-34-28(33)24-22-7-5-6-8-23(22)36-27(24)30-26(32)19-11-15-21(16-12-19)35-18(3)25(31)29-20-13-9-17(2)10-14-20/h9-16,18H,4-8H2,1-3H3,(H,29,31)(H,30,32)/t18-/m0/s1. The molecule has 0 saturated carbocycles. The quantitative estimate of drug-likeness (QED) is 0.378. The van der Waals surface area contributed by atoms with Gasteiger partial charge in [0.25, 0.3) is 11.8 Å². The molecule has 2 N–H and O–H groups in total. The van der Waals surface area contributed by atoms with Crippen molar-refractivity contribution in [3.63, 3.8) is 0 Å². The summed E-state index contributed by atoms with van der Waals surface area (Å²) in [5, 5.41) is 6.27. The number of nitrogens with one attached hydrogen (secondary N) is 2. The first-order valence-corrected chi connectivity index (χ1v) is 12.9. The van der Waals surface area contributed by atoms with Gasteiger partial charge in [-0.1, -0.05) is 17.7 Å². The molecule has 0 aliphatic heterocycles. The topological polar surface area (TPSA) is 93.7 Å². The molecule has 0 radical (unpaired) electrons. The van der Waals surface area contributed by atoms with Crippen LogP contribution >= 0.6 is 11.3 Å². The summed E-state index contributed by atoms with van der Waals surface area (Å²) in [7, 11) is 0. The third-order valence-corrected chi connectivity index (χ3v) is 7.20. The highest BCUT2D eigenvalue weighted by atomic mass is 32.1. The number of benzene rings is 2. The molecular weight excluding hydrogens is 476 g/mol. The molecule has 188 valence electrons. The lowest BCUT2D eigenvalue weighted by Crippen LogP contribution is -2.30. The number of amides is 2. The van der Waals surface area contributed by atoms with E-state index in [4.69, 9.17) is 9.47 Å². The summed E-state index contributed by atoms with van der Waals surface area (Å²) in [4.78, 5) is 39.2. The SMILES string of the molecule is CCOC(=O)c1c(NC(=O)c2ccc(O[C@@H](C)C(=O)Nc3ccc(C)cc3)cc2)sc2c1CCCC2. The van der Waals surface area contributed by atoms with Gasteiger partial charge in [0.15, 0.2) is 6.10 Å². The van der Waals surface area contributed by atoms with Gasteiger partial charge in [-0.25, -0.2) is 4.79 Å². The smallest absolute Gasteiger partial charge is 0.341 e. The van der Waals surface area contributed by atoms with Crippen molar-refractivity contribution in [1.82, 2.24) is 0 Å². The maximum absolute atomic E-state index is 13.0. The highest BCUT2D eigenvalue weighted by molar-refractivity contribution is 7.17. The van der Waals surface area contributed by atoms with Crippen LogP contribution < -0.4 is 15.4 Å². The lowest BCUT2D eigenvalue weighted by Gasteiger charge is -2.15. The Morgan fingerprint density at radius 3 is 2.36 bits per heavy atom. The average molecular weight is 507 g/mol. The maximum atomic E-state index is 13.0. The lowest BCUT2D eigenvalue weighted by molar-refractivity contribution is -0.122. The van der Waals surface area contributed by atoms with Crippen molar-refractivity contribution < 1.29 is 23.9 Å². The Morgan fingerprint density at radius 1 is 0.972 bits per heavy atom. The fraction of sp³-hybridized carbons (Fsp3) is 0.321. The minimum Gasteiger partial charge on any atom is -0.481 e. The zero-order valence-electron chi connectivity index (χ0n) is 20.7. The molecule has 4 rings (SSSR count). The van der Waals surface area contributed by atoms with Crippen LogP contribution in [-0.4, -0.2) is 30.5 Å². The van der Waals surface area contributed by atoms with Gasteiger partial charge >= 0.3 is 5.97 Å². The molecule has 0 unspecified atom stereocenters. The molecule has 1 atom stereocenters. The largest absolute Gasteiger partial charge is 0.481 e. The van der Waals surface area contributed by atoms with Crippen molar-refractivity contribution in [3.05, 3.63) is 75.7 Å². The summed E-state index contributed by atoms with van der Waals surface area (Å²) in [6, 6.07) is 14.1. The molecule has 36 heavy (non-hydrogen) atoms. The highest BCUT2D eigenvalue weighted by Gasteiger charge is 2.27. The summed E-state index contributed by atoms with van der Waals surface area (Å²) < 4.78 is 11.0. The van der Waals surface area contributed by atoms with E-state index in [0.29, 0.717) is 27.6 Å². The van der Waals surface area contributed by atoms with E-state index in [2.05, 4.69) is 10.6 Å². The van der Waals surface area contributed by atoms with Gasteiger partial charge < -0.3 is 20.1 Å². The first kappa shape index (κ1) is 25.4. The summed E-state index contributed by atoms with van der Waals surface area (Å²) in [6.45, 7) is 5.69. The second-order valence-corrected chi connectivity index (χ2v) is 9.83. The van der Waals surface area contributed by atoms with Crippen molar-refractivity contribution >= 4 is 39.8 Å². The predicted molar refractivity (Wildman–Crippen MR) is 141 cm³/mol. The van der Waals surface area contributed by atoms with Gasteiger partial charge in [-0.05, 0) is 88.4 Å². The van der Waals surface area contributed by atoms with Crippen LogP contribution in [0.25, 0.3) is 0 Å². The molecule has 1 aliphatic carbocycles. The van der Waals surface area contributed by atoms with Gasteiger partial charge in [0.2, 0.25) is 0 Å². The van der Waals surface area contributed by atoms with Gasteiger partial charge in [-0.3, -0.25) is 9.59 Å². The molecule has 1 aromatic heterocycles. The number of carbonyl (C=O) groups is 3.